The van der Waals surface area contributed by atoms with Gasteiger partial charge in [0.15, 0.2) is 0 Å². The molecular formula is C29H24N2. The van der Waals surface area contributed by atoms with Gasteiger partial charge in [-0.25, -0.2) is 4.98 Å². The summed E-state index contributed by atoms with van der Waals surface area (Å²) in [4.78, 5) is 5.22. The first-order chi connectivity index (χ1) is 15.3. The number of rotatable bonds is 5. The Balaban J connectivity index is 1.79. The summed E-state index contributed by atoms with van der Waals surface area (Å²) in [5.74, 6) is 0.988. The van der Waals surface area contributed by atoms with Gasteiger partial charge in [0.1, 0.15) is 5.82 Å². The minimum absolute atomic E-state index is 0.758. The molecule has 0 bridgehead atoms. The van der Waals surface area contributed by atoms with Crippen LogP contribution in [-0.4, -0.2) is 9.55 Å². The molecule has 0 N–H and O–H groups in total. The van der Waals surface area contributed by atoms with Crippen LogP contribution in [-0.2, 0) is 6.54 Å². The standard InChI is InChI=1S/C29H24N2/c1-22-17-19-26(20-18-22)29-30-27(24-13-7-3-8-14-24)28(25-15-9-4-10-16-25)31(29)21-23-11-5-2-6-12-23/h2-20H,21H2,1H3. The van der Waals surface area contributed by atoms with Crippen molar-refractivity contribution in [2.24, 2.45) is 0 Å². The van der Waals surface area contributed by atoms with Gasteiger partial charge in [0.25, 0.3) is 0 Å². The van der Waals surface area contributed by atoms with E-state index in [1.54, 1.807) is 0 Å². The molecule has 0 saturated heterocycles. The predicted octanol–water partition coefficient (Wildman–Crippen LogP) is 7.24. The number of aromatic nitrogens is 2. The lowest BCUT2D eigenvalue weighted by Crippen LogP contribution is -2.04. The zero-order valence-electron chi connectivity index (χ0n) is 17.6. The van der Waals surface area contributed by atoms with Crippen molar-refractivity contribution in [2.45, 2.75) is 13.5 Å². The van der Waals surface area contributed by atoms with Crippen molar-refractivity contribution in [3.05, 3.63) is 126 Å². The Kier molecular flexibility index (Phi) is 5.20. The summed E-state index contributed by atoms with van der Waals surface area (Å²) < 4.78 is 2.36. The summed E-state index contributed by atoms with van der Waals surface area (Å²) in [6.07, 6.45) is 0. The molecule has 4 aromatic carbocycles. The van der Waals surface area contributed by atoms with E-state index < -0.39 is 0 Å². The van der Waals surface area contributed by atoms with E-state index in [0.29, 0.717) is 0 Å². The van der Waals surface area contributed by atoms with E-state index in [1.807, 2.05) is 6.07 Å². The van der Waals surface area contributed by atoms with Crippen LogP contribution in [0.1, 0.15) is 11.1 Å². The molecule has 0 aliphatic carbocycles. The van der Waals surface area contributed by atoms with Crippen LogP contribution >= 0.6 is 0 Å². The molecule has 2 heteroatoms. The summed E-state index contributed by atoms with van der Waals surface area (Å²) in [7, 11) is 0. The second-order valence-electron chi connectivity index (χ2n) is 7.80. The number of hydrogen-bond donors (Lipinski definition) is 0. The lowest BCUT2D eigenvalue weighted by atomic mass is 10.0. The third kappa shape index (κ3) is 3.93. The fourth-order valence-corrected chi connectivity index (χ4v) is 3.98. The van der Waals surface area contributed by atoms with E-state index in [9.17, 15) is 0 Å². The van der Waals surface area contributed by atoms with Gasteiger partial charge in [-0.1, -0.05) is 121 Å². The summed E-state index contributed by atoms with van der Waals surface area (Å²) in [6, 6.07) is 40.3. The predicted molar refractivity (Wildman–Crippen MR) is 129 cm³/mol. The Hall–Kier alpha value is -3.91. The van der Waals surface area contributed by atoms with Crippen molar-refractivity contribution in [3.8, 4) is 33.9 Å². The second-order valence-corrected chi connectivity index (χ2v) is 7.80. The highest BCUT2D eigenvalue weighted by Gasteiger charge is 2.21. The fraction of sp³-hybridized carbons (Fsp3) is 0.0690. The molecule has 0 atom stereocenters. The molecule has 0 spiro atoms. The molecule has 0 radical (unpaired) electrons. The van der Waals surface area contributed by atoms with Crippen LogP contribution in [0.15, 0.2) is 115 Å². The van der Waals surface area contributed by atoms with Crippen molar-refractivity contribution in [1.82, 2.24) is 9.55 Å². The van der Waals surface area contributed by atoms with Gasteiger partial charge in [-0.15, -0.1) is 0 Å². The van der Waals surface area contributed by atoms with E-state index >= 15 is 0 Å². The molecule has 1 heterocycles. The van der Waals surface area contributed by atoms with Crippen LogP contribution in [0.2, 0.25) is 0 Å². The fourth-order valence-electron chi connectivity index (χ4n) is 3.98. The molecule has 0 saturated carbocycles. The number of aryl methyl sites for hydroxylation is 1. The number of hydrogen-bond acceptors (Lipinski definition) is 1. The van der Waals surface area contributed by atoms with E-state index in [1.165, 1.54) is 16.7 Å². The van der Waals surface area contributed by atoms with Crippen molar-refractivity contribution < 1.29 is 0 Å². The quantitative estimate of drug-likeness (QED) is 0.304. The highest BCUT2D eigenvalue weighted by atomic mass is 15.1. The minimum atomic E-state index is 0.758. The summed E-state index contributed by atoms with van der Waals surface area (Å²) in [5, 5.41) is 0. The zero-order chi connectivity index (χ0) is 21.0. The maximum Gasteiger partial charge on any atom is 0.141 e. The van der Waals surface area contributed by atoms with E-state index in [2.05, 4.69) is 121 Å². The number of nitrogens with zero attached hydrogens (tertiary/aromatic N) is 2. The smallest absolute Gasteiger partial charge is 0.141 e. The highest BCUT2D eigenvalue weighted by molar-refractivity contribution is 5.82. The Labute approximate surface area is 183 Å². The summed E-state index contributed by atoms with van der Waals surface area (Å²) >= 11 is 0. The minimum Gasteiger partial charge on any atom is -0.319 e. The SMILES string of the molecule is Cc1ccc(-c2nc(-c3ccccc3)c(-c3ccccc3)n2Cc2ccccc2)cc1. The molecule has 1 aromatic heterocycles. The molecule has 2 nitrogen and oxygen atoms in total. The maximum atomic E-state index is 5.22. The number of imidazole rings is 1. The molecular weight excluding hydrogens is 376 g/mol. The Morgan fingerprint density at radius 2 is 1.13 bits per heavy atom. The number of benzene rings is 4. The van der Waals surface area contributed by atoms with Gasteiger partial charge in [0, 0.05) is 23.2 Å². The van der Waals surface area contributed by atoms with Crippen LogP contribution in [0, 0.1) is 6.92 Å². The average molecular weight is 401 g/mol. The first kappa shape index (κ1) is 19.1. The monoisotopic (exact) mass is 400 g/mol. The van der Waals surface area contributed by atoms with Crippen molar-refractivity contribution in [3.63, 3.8) is 0 Å². The van der Waals surface area contributed by atoms with Crippen molar-refractivity contribution >= 4 is 0 Å². The molecule has 0 amide bonds. The molecule has 0 fully saturated rings. The van der Waals surface area contributed by atoms with Gasteiger partial charge in [0.2, 0.25) is 0 Å². The molecule has 0 unspecified atom stereocenters. The Bertz CT molecular complexity index is 1270. The van der Waals surface area contributed by atoms with E-state index in [0.717, 1.165) is 34.9 Å². The molecule has 5 aromatic rings. The van der Waals surface area contributed by atoms with Crippen molar-refractivity contribution in [2.75, 3.05) is 0 Å². The Morgan fingerprint density at radius 3 is 1.74 bits per heavy atom. The van der Waals surface area contributed by atoms with Crippen molar-refractivity contribution in [1.29, 1.82) is 0 Å². The third-order valence-corrected chi connectivity index (χ3v) is 5.56. The van der Waals surface area contributed by atoms with Crippen LogP contribution < -0.4 is 0 Å². The summed E-state index contributed by atoms with van der Waals surface area (Å²) in [5.41, 5.74) is 8.08. The average Bonchev–Trinajstić information content (AvgIpc) is 3.20. The van der Waals surface area contributed by atoms with Crippen LogP contribution in [0.4, 0.5) is 0 Å². The van der Waals surface area contributed by atoms with E-state index in [-0.39, 0.29) is 0 Å². The Morgan fingerprint density at radius 1 is 0.581 bits per heavy atom. The van der Waals surface area contributed by atoms with Crippen LogP contribution in [0.3, 0.4) is 0 Å². The molecule has 0 aliphatic heterocycles. The van der Waals surface area contributed by atoms with Gasteiger partial charge in [0.05, 0.1) is 11.4 Å². The lowest BCUT2D eigenvalue weighted by Gasteiger charge is -2.14. The van der Waals surface area contributed by atoms with Gasteiger partial charge in [-0.3, -0.25) is 0 Å². The normalized spacial score (nSPS) is 10.9. The molecule has 150 valence electrons. The lowest BCUT2D eigenvalue weighted by molar-refractivity contribution is 0.814. The largest absolute Gasteiger partial charge is 0.319 e. The second kappa shape index (κ2) is 8.45. The van der Waals surface area contributed by atoms with Gasteiger partial charge < -0.3 is 4.57 Å². The molecule has 31 heavy (non-hydrogen) atoms. The third-order valence-electron chi connectivity index (χ3n) is 5.56. The van der Waals surface area contributed by atoms with E-state index in [4.69, 9.17) is 4.98 Å². The first-order valence-electron chi connectivity index (χ1n) is 10.6. The first-order valence-corrected chi connectivity index (χ1v) is 10.6. The molecule has 0 aliphatic rings. The molecule has 5 rings (SSSR count). The van der Waals surface area contributed by atoms with Crippen LogP contribution in [0.25, 0.3) is 33.9 Å². The van der Waals surface area contributed by atoms with Gasteiger partial charge in [-0.2, -0.15) is 0 Å². The topological polar surface area (TPSA) is 17.8 Å². The summed E-state index contributed by atoms with van der Waals surface area (Å²) in [6.45, 7) is 2.87. The van der Waals surface area contributed by atoms with Gasteiger partial charge in [-0.05, 0) is 12.5 Å². The maximum absolute atomic E-state index is 5.22. The zero-order valence-corrected chi connectivity index (χ0v) is 17.6. The highest BCUT2D eigenvalue weighted by Crippen LogP contribution is 2.36. The van der Waals surface area contributed by atoms with Gasteiger partial charge >= 0.3 is 0 Å². The van der Waals surface area contributed by atoms with Crippen LogP contribution in [0.5, 0.6) is 0 Å².